The van der Waals surface area contributed by atoms with E-state index in [9.17, 15) is 13.5 Å². The standard InChI is InChI=1S/C14H20N2O3S/c1-11(8-9-15)16(2)10-14(17)12-4-6-13(7-5-12)20(3,18)19/h4-7,11,14,17H,8,10H2,1-3H3. The number of hydrogen-bond acceptors (Lipinski definition) is 5. The van der Waals surface area contributed by atoms with Gasteiger partial charge in [-0.15, -0.1) is 0 Å². The van der Waals surface area contributed by atoms with Gasteiger partial charge in [0.1, 0.15) is 0 Å². The van der Waals surface area contributed by atoms with Gasteiger partial charge in [-0.3, -0.25) is 4.90 Å². The maximum absolute atomic E-state index is 11.4. The van der Waals surface area contributed by atoms with Gasteiger partial charge in [-0.05, 0) is 31.7 Å². The summed E-state index contributed by atoms with van der Waals surface area (Å²) in [6.07, 6.45) is 0.834. The third-order valence-corrected chi connectivity index (χ3v) is 4.42. The zero-order chi connectivity index (χ0) is 15.3. The second-order valence-electron chi connectivity index (χ2n) is 5.01. The predicted molar refractivity (Wildman–Crippen MR) is 76.8 cm³/mol. The molecule has 0 saturated heterocycles. The van der Waals surface area contributed by atoms with Gasteiger partial charge in [0.15, 0.2) is 9.84 Å². The minimum absolute atomic E-state index is 0.0601. The molecule has 20 heavy (non-hydrogen) atoms. The number of rotatable bonds is 6. The molecule has 2 unspecified atom stereocenters. The van der Waals surface area contributed by atoms with Crippen molar-refractivity contribution in [2.45, 2.75) is 30.4 Å². The highest BCUT2D eigenvalue weighted by Gasteiger charge is 2.16. The number of nitriles is 1. The number of benzene rings is 1. The molecule has 0 spiro atoms. The second-order valence-corrected chi connectivity index (χ2v) is 7.02. The van der Waals surface area contributed by atoms with Crippen molar-refractivity contribution in [1.29, 1.82) is 5.26 Å². The fourth-order valence-electron chi connectivity index (χ4n) is 1.78. The van der Waals surface area contributed by atoms with Crippen LogP contribution in [0.4, 0.5) is 0 Å². The third-order valence-electron chi connectivity index (χ3n) is 3.29. The van der Waals surface area contributed by atoms with E-state index in [0.717, 1.165) is 6.26 Å². The molecular formula is C14H20N2O3S. The summed E-state index contributed by atoms with van der Waals surface area (Å²) >= 11 is 0. The van der Waals surface area contributed by atoms with Gasteiger partial charge >= 0.3 is 0 Å². The zero-order valence-electron chi connectivity index (χ0n) is 11.9. The van der Waals surface area contributed by atoms with Crippen LogP contribution in [0, 0.1) is 11.3 Å². The number of aliphatic hydroxyl groups is 1. The Balaban J connectivity index is 2.74. The van der Waals surface area contributed by atoms with Crippen LogP contribution in [0.5, 0.6) is 0 Å². The molecule has 0 aliphatic rings. The molecule has 0 amide bonds. The van der Waals surface area contributed by atoms with E-state index in [1.807, 2.05) is 18.9 Å². The summed E-state index contributed by atoms with van der Waals surface area (Å²) in [5.41, 5.74) is 0.661. The lowest BCUT2D eigenvalue weighted by atomic mass is 10.1. The summed E-state index contributed by atoms with van der Waals surface area (Å²) in [6.45, 7) is 2.31. The maximum atomic E-state index is 11.4. The van der Waals surface area contributed by atoms with Crippen molar-refractivity contribution in [2.75, 3.05) is 19.8 Å². The van der Waals surface area contributed by atoms with Gasteiger partial charge in [0.25, 0.3) is 0 Å². The summed E-state index contributed by atoms with van der Waals surface area (Å²) in [5, 5.41) is 18.8. The van der Waals surface area contributed by atoms with E-state index in [-0.39, 0.29) is 10.9 Å². The highest BCUT2D eigenvalue weighted by atomic mass is 32.2. The lowest BCUT2D eigenvalue weighted by molar-refractivity contribution is 0.109. The molecule has 1 aromatic carbocycles. The van der Waals surface area contributed by atoms with E-state index in [1.165, 1.54) is 12.1 Å². The average Bonchev–Trinajstić information content (AvgIpc) is 2.38. The molecule has 0 saturated carbocycles. The van der Waals surface area contributed by atoms with Gasteiger partial charge in [0, 0.05) is 18.8 Å². The lowest BCUT2D eigenvalue weighted by Gasteiger charge is -2.25. The number of likely N-dealkylation sites (N-methyl/N-ethyl adjacent to an activating group) is 1. The van der Waals surface area contributed by atoms with Crippen LogP contribution in [0.2, 0.25) is 0 Å². The lowest BCUT2D eigenvalue weighted by Crippen LogP contribution is -2.32. The van der Waals surface area contributed by atoms with Crippen LogP contribution >= 0.6 is 0 Å². The first-order valence-electron chi connectivity index (χ1n) is 6.31. The molecule has 1 rings (SSSR count). The molecule has 0 aliphatic heterocycles. The van der Waals surface area contributed by atoms with Crippen molar-refractivity contribution in [3.8, 4) is 6.07 Å². The molecule has 0 bridgehead atoms. The molecule has 6 heteroatoms. The van der Waals surface area contributed by atoms with E-state index in [0.29, 0.717) is 18.5 Å². The largest absolute Gasteiger partial charge is 0.387 e. The first kappa shape index (κ1) is 16.6. The van der Waals surface area contributed by atoms with Crippen molar-refractivity contribution >= 4 is 9.84 Å². The fourth-order valence-corrected chi connectivity index (χ4v) is 2.41. The monoisotopic (exact) mass is 296 g/mol. The topological polar surface area (TPSA) is 81.4 Å². The SMILES string of the molecule is CC(CC#N)N(C)CC(O)c1ccc(S(C)(=O)=O)cc1. The Bertz CT molecular complexity index is 575. The van der Waals surface area contributed by atoms with Crippen molar-refractivity contribution in [1.82, 2.24) is 4.90 Å². The number of aliphatic hydroxyl groups excluding tert-OH is 1. The Morgan fingerprint density at radius 2 is 1.90 bits per heavy atom. The highest BCUT2D eigenvalue weighted by molar-refractivity contribution is 7.90. The molecule has 0 heterocycles. The maximum Gasteiger partial charge on any atom is 0.175 e. The average molecular weight is 296 g/mol. The Hall–Kier alpha value is -1.42. The van der Waals surface area contributed by atoms with Crippen LogP contribution in [-0.4, -0.2) is 44.3 Å². The Labute approximate surface area is 120 Å². The minimum atomic E-state index is -3.22. The second kappa shape index (κ2) is 6.84. The summed E-state index contributed by atoms with van der Waals surface area (Å²) in [7, 11) is -1.37. The summed E-state index contributed by atoms with van der Waals surface area (Å²) in [4.78, 5) is 2.14. The molecule has 1 aromatic rings. The van der Waals surface area contributed by atoms with E-state index >= 15 is 0 Å². The molecule has 5 nitrogen and oxygen atoms in total. The summed E-state index contributed by atoms with van der Waals surface area (Å²) in [5.74, 6) is 0. The molecule has 0 radical (unpaired) electrons. The van der Waals surface area contributed by atoms with Gasteiger partial charge in [-0.1, -0.05) is 12.1 Å². The van der Waals surface area contributed by atoms with Crippen LogP contribution in [0.25, 0.3) is 0 Å². The molecule has 1 N–H and O–H groups in total. The first-order chi connectivity index (χ1) is 9.25. The number of hydrogen-bond donors (Lipinski definition) is 1. The third kappa shape index (κ3) is 4.60. The molecule has 110 valence electrons. The Morgan fingerprint density at radius 3 is 2.35 bits per heavy atom. The van der Waals surface area contributed by atoms with Crippen molar-refractivity contribution in [2.24, 2.45) is 0 Å². The number of sulfone groups is 1. The van der Waals surface area contributed by atoms with Gasteiger partial charge in [-0.2, -0.15) is 5.26 Å². The van der Waals surface area contributed by atoms with Crippen molar-refractivity contribution < 1.29 is 13.5 Å². The van der Waals surface area contributed by atoms with Crippen molar-refractivity contribution in [3.05, 3.63) is 29.8 Å². The molecule has 0 aliphatic carbocycles. The molecular weight excluding hydrogens is 276 g/mol. The minimum Gasteiger partial charge on any atom is -0.387 e. The van der Waals surface area contributed by atoms with Crippen LogP contribution in [0.15, 0.2) is 29.2 Å². The van der Waals surface area contributed by atoms with Gasteiger partial charge in [-0.25, -0.2) is 8.42 Å². The van der Waals surface area contributed by atoms with Gasteiger partial charge in [0.2, 0.25) is 0 Å². The quantitative estimate of drug-likeness (QED) is 0.857. The first-order valence-corrected chi connectivity index (χ1v) is 8.20. The number of nitrogens with zero attached hydrogens (tertiary/aromatic N) is 2. The van der Waals surface area contributed by atoms with Crippen LogP contribution in [0.3, 0.4) is 0 Å². The molecule has 2 atom stereocenters. The van der Waals surface area contributed by atoms with Gasteiger partial charge in [0.05, 0.1) is 23.5 Å². The Morgan fingerprint density at radius 1 is 1.35 bits per heavy atom. The van der Waals surface area contributed by atoms with Crippen LogP contribution in [-0.2, 0) is 9.84 Å². The normalized spacial score (nSPS) is 14.8. The molecule has 0 fully saturated rings. The van der Waals surface area contributed by atoms with E-state index in [4.69, 9.17) is 5.26 Å². The zero-order valence-corrected chi connectivity index (χ0v) is 12.8. The van der Waals surface area contributed by atoms with Crippen molar-refractivity contribution in [3.63, 3.8) is 0 Å². The predicted octanol–water partition coefficient (Wildman–Crippen LogP) is 1.36. The van der Waals surface area contributed by atoms with E-state index < -0.39 is 15.9 Å². The van der Waals surface area contributed by atoms with E-state index in [2.05, 4.69) is 6.07 Å². The summed E-state index contributed by atoms with van der Waals surface area (Å²) in [6, 6.07) is 8.37. The highest BCUT2D eigenvalue weighted by Crippen LogP contribution is 2.18. The molecule has 0 aromatic heterocycles. The smallest absolute Gasteiger partial charge is 0.175 e. The summed E-state index contributed by atoms with van der Waals surface area (Å²) < 4.78 is 22.7. The van der Waals surface area contributed by atoms with Crippen LogP contribution in [0.1, 0.15) is 25.0 Å². The van der Waals surface area contributed by atoms with Crippen LogP contribution < -0.4 is 0 Å². The Kier molecular flexibility index (Phi) is 5.69. The van der Waals surface area contributed by atoms with E-state index in [1.54, 1.807) is 12.1 Å². The fraction of sp³-hybridized carbons (Fsp3) is 0.500. The van der Waals surface area contributed by atoms with Gasteiger partial charge < -0.3 is 5.11 Å².